The lowest BCUT2D eigenvalue weighted by Crippen LogP contribution is -2.41. The summed E-state index contributed by atoms with van der Waals surface area (Å²) in [5.74, 6) is -1.50. The summed E-state index contributed by atoms with van der Waals surface area (Å²) in [4.78, 5) is 36.0. The van der Waals surface area contributed by atoms with E-state index >= 15 is 0 Å². The van der Waals surface area contributed by atoms with Crippen LogP contribution in [0.3, 0.4) is 0 Å². The van der Waals surface area contributed by atoms with Gasteiger partial charge < -0.3 is 15.1 Å². The predicted molar refractivity (Wildman–Crippen MR) is 72.1 cm³/mol. The second-order valence-electron chi connectivity index (χ2n) is 6.55. The van der Waals surface area contributed by atoms with Crippen LogP contribution in [-0.4, -0.2) is 51.5 Å². The van der Waals surface area contributed by atoms with Crippen molar-refractivity contribution in [1.29, 1.82) is 0 Å². The number of likely N-dealkylation sites (tertiary alicyclic amines) is 1. The highest BCUT2D eigenvalue weighted by molar-refractivity contribution is 5.90. The highest BCUT2D eigenvalue weighted by Gasteiger charge is 2.39. The van der Waals surface area contributed by atoms with Crippen molar-refractivity contribution in [2.75, 3.05) is 6.54 Å². The number of aliphatic hydroxyl groups excluding tert-OH is 1. The number of hydrogen-bond acceptors (Lipinski definition) is 4. The summed E-state index contributed by atoms with van der Waals surface area (Å²) < 4.78 is 0. The largest absolute Gasteiger partial charge is 0.481 e. The van der Waals surface area contributed by atoms with Crippen molar-refractivity contribution in [2.24, 2.45) is 5.41 Å². The van der Waals surface area contributed by atoms with Gasteiger partial charge in [-0.25, -0.2) is 0 Å². The molecule has 0 saturated carbocycles. The first-order valence-electron chi connectivity index (χ1n) is 6.82. The van der Waals surface area contributed by atoms with Gasteiger partial charge in [0.05, 0.1) is 18.6 Å². The van der Waals surface area contributed by atoms with Crippen molar-refractivity contribution in [2.45, 2.75) is 58.6 Å². The van der Waals surface area contributed by atoms with Gasteiger partial charge in [-0.3, -0.25) is 14.4 Å². The smallest absolute Gasteiger partial charge is 0.303 e. The third-order valence-corrected chi connectivity index (χ3v) is 3.23. The number of amides is 1. The van der Waals surface area contributed by atoms with Crippen LogP contribution in [0.1, 0.15) is 46.5 Å². The molecule has 1 fully saturated rings. The number of aliphatic carboxylic acids is 1. The fourth-order valence-corrected chi connectivity index (χ4v) is 2.39. The first-order valence-corrected chi connectivity index (χ1v) is 6.82. The van der Waals surface area contributed by atoms with Crippen LogP contribution < -0.4 is 0 Å². The number of nitrogens with zero attached hydrogens (tertiary/aromatic N) is 1. The van der Waals surface area contributed by atoms with Gasteiger partial charge in [0.2, 0.25) is 5.91 Å². The first-order chi connectivity index (χ1) is 9.10. The number of ketones is 1. The van der Waals surface area contributed by atoms with Crippen molar-refractivity contribution in [3.05, 3.63) is 0 Å². The Hall–Kier alpha value is -1.43. The van der Waals surface area contributed by atoms with Crippen molar-refractivity contribution >= 4 is 17.7 Å². The molecule has 1 heterocycles. The minimum Gasteiger partial charge on any atom is -0.481 e. The predicted octanol–water partition coefficient (Wildman–Crippen LogP) is 0.818. The van der Waals surface area contributed by atoms with E-state index in [2.05, 4.69) is 0 Å². The van der Waals surface area contributed by atoms with E-state index in [9.17, 15) is 19.5 Å². The highest BCUT2D eigenvalue weighted by atomic mass is 16.4. The van der Waals surface area contributed by atoms with Crippen LogP contribution in [0.4, 0.5) is 0 Å². The number of Topliss-reactive ketones (excluding diaryl/α,β-unsaturated/α-hetero) is 1. The molecule has 2 N–H and O–H groups in total. The molecule has 20 heavy (non-hydrogen) atoms. The Labute approximate surface area is 118 Å². The quantitative estimate of drug-likeness (QED) is 0.779. The van der Waals surface area contributed by atoms with Crippen LogP contribution >= 0.6 is 0 Å². The molecule has 0 aromatic rings. The van der Waals surface area contributed by atoms with Gasteiger partial charge in [0.15, 0.2) is 5.78 Å². The van der Waals surface area contributed by atoms with E-state index < -0.39 is 18.1 Å². The lowest BCUT2D eigenvalue weighted by Gasteiger charge is -2.26. The molecule has 1 amide bonds. The fraction of sp³-hybridized carbons (Fsp3) is 0.786. The van der Waals surface area contributed by atoms with Gasteiger partial charge in [-0.15, -0.1) is 0 Å². The Balaban J connectivity index is 2.70. The number of hydrogen-bond donors (Lipinski definition) is 2. The standard InChI is InChI=1S/C14H23NO5/c1-14(2,3)7-11(17)10-6-9(16)8-15(10)12(18)4-5-13(19)20/h9-10,16H,4-8H2,1-3H3,(H,19,20). The molecule has 0 aromatic heterocycles. The lowest BCUT2D eigenvalue weighted by molar-refractivity contribution is -0.142. The zero-order valence-electron chi connectivity index (χ0n) is 12.3. The van der Waals surface area contributed by atoms with Gasteiger partial charge in [-0.2, -0.15) is 0 Å². The number of rotatable bonds is 5. The number of carbonyl (C=O) groups excluding carboxylic acids is 2. The van der Waals surface area contributed by atoms with E-state index in [1.54, 1.807) is 0 Å². The van der Waals surface area contributed by atoms with Crippen LogP contribution in [0.2, 0.25) is 0 Å². The summed E-state index contributed by atoms with van der Waals surface area (Å²) in [5, 5.41) is 18.3. The number of carboxylic acid groups (broad SMARTS) is 1. The van der Waals surface area contributed by atoms with Crippen LogP contribution in [0.15, 0.2) is 0 Å². The number of aliphatic hydroxyl groups is 1. The number of β-amino-alcohol motifs (C(OH)–C–C–N with tert-alkyl or cyclic N) is 1. The van der Waals surface area contributed by atoms with Crippen LogP contribution in [0.5, 0.6) is 0 Å². The van der Waals surface area contributed by atoms with Gasteiger partial charge in [-0.1, -0.05) is 20.8 Å². The summed E-state index contributed by atoms with van der Waals surface area (Å²) >= 11 is 0. The molecule has 1 aliphatic heterocycles. The molecule has 1 rings (SSSR count). The van der Waals surface area contributed by atoms with Crippen LogP contribution in [-0.2, 0) is 14.4 Å². The van der Waals surface area contributed by atoms with Crippen LogP contribution in [0, 0.1) is 5.41 Å². The third kappa shape index (κ3) is 4.92. The molecule has 0 radical (unpaired) electrons. The summed E-state index contributed by atoms with van der Waals surface area (Å²) in [6, 6.07) is -0.620. The summed E-state index contributed by atoms with van der Waals surface area (Å²) in [7, 11) is 0. The zero-order valence-corrected chi connectivity index (χ0v) is 12.3. The minimum absolute atomic E-state index is 0.0716. The second-order valence-corrected chi connectivity index (χ2v) is 6.55. The van der Waals surface area contributed by atoms with Crippen molar-refractivity contribution < 1.29 is 24.6 Å². The summed E-state index contributed by atoms with van der Waals surface area (Å²) in [6.07, 6.45) is -0.536. The first kappa shape index (κ1) is 16.6. The Bertz CT molecular complexity index is 399. The number of carboxylic acids is 1. The molecule has 1 aliphatic rings. The molecule has 0 spiro atoms. The maximum atomic E-state index is 12.2. The maximum absolute atomic E-state index is 12.2. The molecular formula is C14H23NO5. The monoisotopic (exact) mass is 285 g/mol. The van der Waals surface area contributed by atoms with Crippen LogP contribution in [0.25, 0.3) is 0 Å². The molecule has 1 saturated heterocycles. The molecule has 0 bridgehead atoms. The van der Waals surface area contributed by atoms with E-state index in [-0.39, 0.29) is 42.9 Å². The molecule has 0 aliphatic carbocycles. The highest BCUT2D eigenvalue weighted by Crippen LogP contribution is 2.26. The summed E-state index contributed by atoms with van der Waals surface area (Å²) in [6.45, 7) is 5.92. The fourth-order valence-electron chi connectivity index (χ4n) is 2.39. The van der Waals surface area contributed by atoms with E-state index in [0.29, 0.717) is 6.42 Å². The molecular weight excluding hydrogens is 262 g/mol. The lowest BCUT2D eigenvalue weighted by atomic mass is 9.87. The van der Waals surface area contributed by atoms with Gasteiger partial charge >= 0.3 is 5.97 Å². The maximum Gasteiger partial charge on any atom is 0.303 e. The molecule has 0 aromatic carbocycles. The Morgan fingerprint density at radius 2 is 1.80 bits per heavy atom. The zero-order chi connectivity index (χ0) is 15.5. The van der Waals surface area contributed by atoms with E-state index in [1.807, 2.05) is 20.8 Å². The Kier molecular flexibility index (Phi) is 5.28. The minimum atomic E-state index is -1.05. The van der Waals surface area contributed by atoms with E-state index in [4.69, 9.17) is 5.11 Å². The van der Waals surface area contributed by atoms with Crippen molar-refractivity contribution in [1.82, 2.24) is 4.90 Å². The summed E-state index contributed by atoms with van der Waals surface area (Å²) in [5.41, 5.74) is -0.180. The number of carbonyl (C=O) groups is 3. The van der Waals surface area contributed by atoms with Crippen molar-refractivity contribution in [3.8, 4) is 0 Å². The van der Waals surface area contributed by atoms with Gasteiger partial charge in [0.25, 0.3) is 0 Å². The average molecular weight is 285 g/mol. The molecule has 6 nitrogen and oxygen atoms in total. The topological polar surface area (TPSA) is 94.9 Å². The van der Waals surface area contributed by atoms with E-state index in [0.717, 1.165) is 0 Å². The molecule has 2 atom stereocenters. The molecule has 2 unspecified atom stereocenters. The van der Waals surface area contributed by atoms with Gasteiger partial charge in [0.1, 0.15) is 0 Å². The normalized spacial score (nSPS) is 22.9. The van der Waals surface area contributed by atoms with Gasteiger partial charge in [-0.05, 0) is 5.41 Å². The third-order valence-electron chi connectivity index (χ3n) is 3.23. The SMILES string of the molecule is CC(C)(C)CC(=O)C1CC(O)CN1C(=O)CCC(=O)O. The average Bonchev–Trinajstić information content (AvgIpc) is 2.66. The van der Waals surface area contributed by atoms with E-state index in [1.165, 1.54) is 4.90 Å². The van der Waals surface area contributed by atoms with Crippen molar-refractivity contribution in [3.63, 3.8) is 0 Å². The Morgan fingerprint density at radius 1 is 1.20 bits per heavy atom. The molecule has 114 valence electrons. The second kappa shape index (κ2) is 6.35. The Morgan fingerprint density at radius 3 is 2.30 bits per heavy atom. The van der Waals surface area contributed by atoms with Gasteiger partial charge in [0, 0.05) is 25.8 Å². The molecule has 6 heteroatoms.